The highest BCUT2D eigenvalue weighted by Gasteiger charge is 2.15. The van der Waals surface area contributed by atoms with Crippen LogP contribution in [-0.2, 0) is 4.79 Å². The number of nitrogens with two attached hydrogens (primary N) is 1. The normalized spacial score (nSPS) is 12.6. The van der Waals surface area contributed by atoms with Crippen molar-refractivity contribution in [2.75, 3.05) is 6.54 Å². The molecule has 0 aromatic carbocycles. The van der Waals surface area contributed by atoms with Gasteiger partial charge in [-0.15, -0.1) is 0 Å². The fraction of sp³-hybridized carbons (Fsp3) is 0.923. The van der Waals surface area contributed by atoms with E-state index in [0.717, 1.165) is 25.7 Å². The number of carboxylic acid groups (broad SMARTS) is 1. The van der Waals surface area contributed by atoms with Crippen LogP contribution in [0.5, 0.6) is 0 Å². The number of rotatable bonds is 11. The van der Waals surface area contributed by atoms with Crippen LogP contribution in [0, 0.1) is 5.92 Å². The Bertz CT molecular complexity index is 171. The quantitative estimate of drug-likeness (QED) is 0.535. The number of unbranched alkanes of at least 4 members (excludes halogenated alkanes) is 5. The largest absolute Gasteiger partial charge is 0.481 e. The first-order valence-electron chi connectivity index (χ1n) is 6.65. The molecule has 0 aromatic heterocycles. The fourth-order valence-electron chi connectivity index (χ4n) is 1.93. The van der Waals surface area contributed by atoms with Crippen LogP contribution in [0.25, 0.3) is 0 Å². The molecule has 0 radical (unpaired) electrons. The monoisotopic (exact) mass is 229 g/mol. The van der Waals surface area contributed by atoms with Crippen molar-refractivity contribution in [2.45, 2.75) is 64.7 Å². The van der Waals surface area contributed by atoms with Crippen LogP contribution >= 0.6 is 0 Å². The molecule has 16 heavy (non-hydrogen) atoms. The van der Waals surface area contributed by atoms with Crippen LogP contribution in [0.4, 0.5) is 0 Å². The lowest BCUT2D eigenvalue weighted by atomic mass is 9.96. The number of aliphatic carboxylic acids is 1. The Labute approximate surface area is 99.4 Å². The van der Waals surface area contributed by atoms with E-state index in [9.17, 15) is 4.79 Å². The summed E-state index contributed by atoms with van der Waals surface area (Å²) in [6.07, 6.45) is 9.70. The van der Waals surface area contributed by atoms with Crippen molar-refractivity contribution in [1.82, 2.24) is 0 Å². The van der Waals surface area contributed by atoms with Crippen molar-refractivity contribution in [3.63, 3.8) is 0 Å². The van der Waals surface area contributed by atoms with E-state index < -0.39 is 5.97 Å². The summed E-state index contributed by atoms with van der Waals surface area (Å²) in [5, 5.41) is 9.00. The maximum absolute atomic E-state index is 10.9. The van der Waals surface area contributed by atoms with Gasteiger partial charge < -0.3 is 10.8 Å². The van der Waals surface area contributed by atoms with Gasteiger partial charge in [-0.1, -0.05) is 45.4 Å². The number of carboxylic acids is 1. The molecule has 0 aliphatic rings. The summed E-state index contributed by atoms with van der Waals surface area (Å²) >= 11 is 0. The average molecular weight is 229 g/mol. The third-order valence-corrected chi connectivity index (χ3v) is 3.01. The molecule has 3 heteroatoms. The average Bonchev–Trinajstić information content (AvgIpc) is 2.26. The Kier molecular flexibility index (Phi) is 10.5. The molecule has 0 rings (SSSR count). The van der Waals surface area contributed by atoms with E-state index in [1.165, 1.54) is 32.1 Å². The molecule has 0 amide bonds. The molecule has 3 N–H and O–H groups in total. The van der Waals surface area contributed by atoms with Gasteiger partial charge in [0.15, 0.2) is 0 Å². The van der Waals surface area contributed by atoms with Crippen LogP contribution in [0.15, 0.2) is 0 Å². The summed E-state index contributed by atoms with van der Waals surface area (Å²) in [5.74, 6) is -0.822. The van der Waals surface area contributed by atoms with Gasteiger partial charge in [0.05, 0.1) is 5.92 Å². The maximum Gasteiger partial charge on any atom is 0.306 e. The zero-order valence-electron chi connectivity index (χ0n) is 10.6. The minimum Gasteiger partial charge on any atom is -0.481 e. The lowest BCUT2D eigenvalue weighted by Gasteiger charge is -2.11. The third-order valence-electron chi connectivity index (χ3n) is 3.01. The van der Waals surface area contributed by atoms with Crippen molar-refractivity contribution in [1.29, 1.82) is 0 Å². The van der Waals surface area contributed by atoms with Gasteiger partial charge in [0.2, 0.25) is 0 Å². The topological polar surface area (TPSA) is 63.3 Å². The van der Waals surface area contributed by atoms with E-state index in [1.807, 2.05) is 0 Å². The molecule has 0 saturated carbocycles. The summed E-state index contributed by atoms with van der Waals surface area (Å²) in [5.41, 5.74) is 5.39. The molecule has 1 atom stereocenters. The van der Waals surface area contributed by atoms with Gasteiger partial charge in [-0.2, -0.15) is 0 Å². The van der Waals surface area contributed by atoms with Crippen LogP contribution < -0.4 is 5.73 Å². The summed E-state index contributed by atoms with van der Waals surface area (Å²) < 4.78 is 0. The summed E-state index contributed by atoms with van der Waals surface area (Å²) in [6, 6.07) is 0. The molecule has 0 heterocycles. The van der Waals surface area contributed by atoms with Crippen LogP contribution in [0.3, 0.4) is 0 Å². The van der Waals surface area contributed by atoms with Gasteiger partial charge in [-0.3, -0.25) is 4.79 Å². The van der Waals surface area contributed by atoms with Gasteiger partial charge >= 0.3 is 5.97 Å². The first-order chi connectivity index (χ1) is 7.72. The SMILES string of the molecule is CCCCCCCCC(CCCN)C(=O)O. The number of hydrogen-bond acceptors (Lipinski definition) is 2. The van der Waals surface area contributed by atoms with E-state index in [1.54, 1.807) is 0 Å². The van der Waals surface area contributed by atoms with Gasteiger partial charge in [0.1, 0.15) is 0 Å². The van der Waals surface area contributed by atoms with E-state index in [-0.39, 0.29) is 5.92 Å². The van der Waals surface area contributed by atoms with Crippen molar-refractivity contribution in [3.8, 4) is 0 Å². The van der Waals surface area contributed by atoms with Crippen molar-refractivity contribution < 1.29 is 9.90 Å². The lowest BCUT2D eigenvalue weighted by molar-refractivity contribution is -0.142. The predicted molar refractivity (Wildman–Crippen MR) is 67.4 cm³/mol. The fourth-order valence-corrected chi connectivity index (χ4v) is 1.93. The predicted octanol–water partition coefficient (Wildman–Crippen LogP) is 3.18. The van der Waals surface area contributed by atoms with Crippen LogP contribution in [0.1, 0.15) is 64.7 Å². The van der Waals surface area contributed by atoms with Crippen LogP contribution in [0.2, 0.25) is 0 Å². The highest BCUT2D eigenvalue weighted by atomic mass is 16.4. The maximum atomic E-state index is 10.9. The van der Waals surface area contributed by atoms with Crippen molar-refractivity contribution in [3.05, 3.63) is 0 Å². The zero-order chi connectivity index (χ0) is 12.2. The first kappa shape index (κ1) is 15.4. The van der Waals surface area contributed by atoms with E-state index in [2.05, 4.69) is 6.92 Å². The minimum absolute atomic E-state index is 0.172. The second kappa shape index (κ2) is 10.9. The van der Waals surface area contributed by atoms with E-state index >= 15 is 0 Å². The second-order valence-corrected chi connectivity index (χ2v) is 4.52. The Hall–Kier alpha value is -0.570. The summed E-state index contributed by atoms with van der Waals surface area (Å²) in [7, 11) is 0. The lowest BCUT2D eigenvalue weighted by Crippen LogP contribution is -2.15. The molecular formula is C13H27NO2. The minimum atomic E-state index is -0.651. The smallest absolute Gasteiger partial charge is 0.306 e. The Morgan fingerprint density at radius 1 is 1.06 bits per heavy atom. The molecule has 3 nitrogen and oxygen atoms in total. The molecule has 0 fully saturated rings. The molecular weight excluding hydrogens is 202 g/mol. The van der Waals surface area contributed by atoms with E-state index in [4.69, 9.17) is 10.8 Å². The Morgan fingerprint density at radius 2 is 1.62 bits per heavy atom. The van der Waals surface area contributed by atoms with Gasteiger partial charge in [0, 0.05) is 0 Å². The summed E-state index contributed by atoms with van der Waals surface area (Å²) in [6.45, 7) is 2.80. The van der Waals surface area contributed by atoms with Crippen LogP contribution in [-0.4, -0.2) is 17.6 Å². The van der Waals surface area contributed by atoms with Gasteiger partial charge in [-0.05, 0) is 25.8 Å². The highest BCUT2D eigenvalue weighted by molar-refractivity contribution is 5.69. The Balaban J connectivity index is 3.48. The molecule has 0 saturated heterocycles. The van der Waals surface area contributed by atoms with Gasteiger partial charge in [0.25, 0.3) is 0 Å². The first-order valence-corrected chi connectivity index (χ1v) is 6.65. The highest BCUT2D eigenvalue weighted by Crippen LogP contribution is 2.16. The molecule has 96 valence electrons. The molecule has 0 aromatic rings. The standard InChI is InChI=1S/C13H27NO2/c1-2-3-4-5-6-7-9-12(13(15)16)10-8-11-14/h12H,2-11,14H2,1H3,(H,15,16). The molecule has 1 unspecified atom stereocenters. The zero-order valence-corrected chi connectivity index (χ0v) is 10.6. The van der Waals surface area contributed by atoms with Crippen molar-refractivity contribution in [2.24, 2.45) is 11.7 Å². The van der Waals surface area contributed by atoms with E-state index in [0.29, 0.717) is 6.54 Å². The third kappa shape index (κ3) is 8.72. The summed E-state index contributed by atoms with van der Waals surface area (Å²) in [4.78, 5) is 10.9. The number of hydrogen-bond donors (Lipinski definition) is 2. The molecule has 0 bridgehead atoms. The number of carbonyl (C=O) groups is 1. The van der Waals surface area contributed by atoms with Gasteiger partial charge in [-0.25, -0.2) is 0 Å². The van der Waals surface area contributed by atoms with Crippen molar-refractivity contribution >= 4 is 5.97 Å². The molecule has 0 spiro atoms. The second-order valence-electron chi connectivity index (χ2n) is 4.52. The molecule has 0 aliphatic carbocycles. The molecule has 0 aliphatic heterocycles. The Morgan fingerprint density at radius 3 is 2.19 bits per heavy atom.